The van der Waals surface area contributed by atoms with E-state index in [9.17, 15) is 9.18 Å². The highest BCUT2D eigenvalue weighted by atomic mass is 19.1. The monoisotopic (exact) mass is 318 g/mol. The van der Waals surface area contributed by atoms with E-state index in [0.29, 0.717) is 17.0 Å². The molecule has 1 aromatic carbocycles. The highest BCUT2D eigenvalue weighted by molar-refractivity contribution is 5.89. The number of hydrogen-bond donors (Lipinski definition) is 0. The minimum absolute atomic E-state index is 0.266. The van der Waals surface area contributed by atoms with Gasteiger partial charge in [0.25, 0.3) is 0 Å². The van der Waals surface area contributed by atoms with Gasteiger partial charge in [-0.3, -0.25) is 4.68 Å². The Hall–Kier alpha value is -2.37. The van der Waals surface area contributed by atoms with Crippen molar-refractivity contribution in [3.63, 3.8) is 0 Å². The first-order chi connectivity index (χ1) is 11.1. The molecule has 2 aromatic rings. The van der Waals surface area contributed by atoms with Crippen LogP contribution >= 0.6 is 0 Å². The quantitative estimate of drug-likeness (QED) is 0.814. The normalized spacial score (nSPS) is 13.5. The Morgan fingerprint density at radius 2 is 2.09 bits per heavy atom. The Labute approximate surface area is 134 Å². The molecule has 0 saturated heterocycles. The fraction of sp³-hybridized carbons (Fsp3) is 0.412. The number of carbonyl (C=O) groups excluding carboxylic acids is 1. The van der Waals surface area contributed by atoms with Crippen LogP contribution in [0.4, 0.5) is 4.39 Å². The Balaban J connectivity index is 2.00. The number of aromatic nitrogens is 2. The van der Waals surface area contributed by atoms with Crippen LogP contribution in [0.3, 0.4) is 0 Å². The molecule has 1 aliphatic rings. The average molecular weight is 318 g/mol. The molecule has 3 rings (SSSR count). The zero-order valence-electron chi connectivity index (χ0n) is 13.3. The molecule has 0 amide bonds. The van der Waals surface area contributed by atoms with Gasteiger partial charge in [0.15, 0.2) is 5.69 Å². The van der Waals surface area contributed by atoms with Gasteiger partial charge in [0, 0.05) is 16.8 Å². The first-order valence-corrected chi connectivity index (χ1v) is 7.63. The second-order valence-corrected chi connectivity index (χ2v) is 5.59. The molecule has 122 valence electrons. The van der Waals surface area contributed by atoms with E-state index in [1.54, 1.807) is 23.9 Å². The number of hydrogen-bond acceptors (Lipinski definition) is 4. The van der Waals surface area contributed by atoms with Crippen molar-refractivity contribution in [2.45, 2.75) is 32.2 Å². The molecule has 1 aliphatic carbocycles. The van der Waals surface area contributed by atoms with Gasteiger partial charge in [-0.15, -0.1) is 0 Å². The summed E-state index contributed by atoms with van der Waals surface area (Å²) in [4.78, 5) is 11.9. The van der Waals surface area contributed by atoms with E-state index in [1.807, 2.05) is 0 Å². The van der Waals surface area contributed by atoms with E-state index in [1.165, 1.54) is 13.2 Å². The molecule has 5 nitrogen and oxygen atoms in total. The van der Waals surface area contributed by atoms with Crippen molar-refractivity contribution in [2.75, 3.05) is 14.2 Å². The van der Waals surface area contributed by atoms with Crippen LogP contribution in [-0.2, 0) is 24.1 Å². The number of carbonyl (C=O) groups is 1. The van der Waals surface area contributed by atoms with Gasteiger partial charge in [0.1, 0.15) is 11.6 Å². The third-order valence-corrected chi connectivity index (χ3v) is 4.21. The average Bonchev–Trinajstić information content (AvgIpc) is 2.95. The molecule has 0 atom stereocenters. The molecule has 0 saturated carbocycles. The molecular formula is C17H19FN2O3. The van der Waals surface area contributed by atoms with Gasteiger partial charge in [0.2, 0.25) is 0 Å². The maximum Gasteiger partial charge on any atom is 0.358 e. The van der Waals surface area contributed by atoms with Gasteiger partial charge in [-0.05, 0) is 43.9 Å². The predicted octanol–water partition coefficient (Wildman–Crippen LogP) is 2.74. The van der Waals surface area contributed by atoms with Crippen molar-refractivity contribution in [1.82, 2.24) is 9.78 Å². The van der Waals surface area contributed by atoms with E-state index < -0.39 is 5.97 Å². The first kappa shape index (κ1) is 15.5. The van der Waals surface area contributed by atoms with Gasteiger partial charge < -0.3 is 9.47 Å². The van der Waals surface area contributed by atoms with E-state index in [4.69, 9.17) is 9.47 Å². The molecular weight excluding hydrogens is 299 g/mol. The lowest BCUT2D eigenvalue weighted by Gasteiger charge is -2.14. The van der Waals surface area contributed by atoms with E-state index in [2.05, 4.69) is 5.10 Å². The van der Waals surface area contributed by atoms with Crippen LogP contribution in [0.1, 0.15) is 40.2 Å². The van der Waals surface area contributed by atoms with Crippen molar-refractivity contribution < 1.29 is 18.7 Å². The number of rotatable bonds is 4. The maximum atomic E-state index is 14.1. The third-order valence-electron chi connectivity index (χ3n) is 4.21. The zero-order valence-corrected chi connectivity index (χ0v) is 13.3. The molecule has 23 heavy (non-hydrogen) atoms. The number of esters is 1. The smallest absolute Gasteiger partial charge is 0.358 e. The van der Waals surface area contributed by atoms with Gasteiger partial charge >= 0.3 is 5.97 Å². The fourth-order valence-corrected chi connectivity index (χ4v) is 3.02. The number of methoxy groups -OCH3 is 2. The van der Waals surface area contributed by atoms with Crippen molar-refractivity contribution in [3.05, 3.63) is 46.5 Å². The fourth-order valence-electron chi connectivity index (χ4n) is 3.02. The molecule has 0 spiro atoms. The second kappa shape index (κ2) is 6.40. The van der Waals surface area contributed by atoms with Crippen LogP contribution in [0.2, 0.25) is 0 Å². The lowest BCUT2D eigenvalue weighted by atomic mass is 9.95. The Bertz CT molecular complexity index is 740. The molecule has 0 aliphatic heterocycles. The van der Waals surface area contributed by atoms with Crippen LogP contribution in [0.5, 0.6) is 5.75 Å². The van der Waals surface area contributed by atoms with Gasteiger partial charge in [-0.2, -0.15) is 5.10 Å². The zero-order chi connectivity index (χ0) is 16.4. The summed E-state index contributed by atoms with van der Waals surface area (Å²) in [6.07, 6.45) is 3.71. The molecule has 6 heteroatoms. The van der Waals surface area contributed by atoms with Crippen LogP contribution in [0.25, 0.3) is 0 Å². The lowest BCUT2D eigenvalue weighted by Crippen LogP contribution is -2.11. The highest BCUT2D eigenvalue weighted by Gasteiger charge is 2.25. The van der Waals surface area contributed by atoms with Crippen molar-refractivity contribution in [3.8, 4) is 5.75 Å². The van der Waals surface area contributed by atoms with Crippen LogP contribution < -0.4 is 4.74 Å². The van der Waals surface area contributed by atoms with Crippen LogP contribution in [-0.4, -0.2) is 30.0 Å². The van der Waals surface area contributed by atoms with Gasteiger partial charge in [0.05, 0.1) is 20.8 Å². The maximum absolute atomic E-state index is 14.1. The van der Waals surface area contributed by atoms with Crippen LogP contribution in [0.15, 0.2) is 18.2 Å². The molecule has 0 radical (unpaired) electrons. The van der Waals surface area contributed by atoms with Crippen molar-refractivity contribution in [2.24, 2.45) is 0 Å². The summed E-state index contributed by atoms with van der Waals surface area (Å²) >= 11 is 0. The summed E-state index contributed by atoms with van der Waals surface area (Å²) < 4.78 is 25.8. The predicted molar refractivity (Wildman–Crippen MR) is 82.3 cm³/mol. The molecule has 0 N–H and O–H groups in total. The minimum Gasteiger partial charge on any atom is -0.497 e. The topological polar surface area (TPSA) is 53.3 Å². The Morgan fingerprint density at radius 1 is 1.30 bits per heavy atom. The molecule has 0 fully saturated rings. The third kappa shape index (κ3) is 2.93. The summed E-state index contributed by atoms with van der Waals surface area (Å²) in [5.41, 5.74) is 2.77. The summed E-state index contributed by atoms with van der Waals surface area (Å²) in [5, 5.41) is 4.39. The summed E-state index contributed by atoms with van der Waals surface area (Å²) in [6, 6.07) is 4.62. The highest BCUT2D eigenvalue weighted by Crippen LogP contribution is 2.26. The van der Waals surface area contributed by atoms with Crippen LogP contribution in [0, 0.1) is 5.82 Å². The largest absolute Gasteiger partial charge is 0.497 e. The van der Waals surface area contributed by atoms with Gasteiger partial charge in [-0.1, -0.05) is 0 Å². The van der Waals surface area contributed by atoms with Gasteiger partial charge in [-0.25, -0.2) is 9.18 Å². The Kier molecular flexibility index (Phi) is 4.32. The Morgan fingerprint density at radius 3 is 2.83 bits per heavy atom. The van der Waals surface area contributed by atoms with Crippen molar-refractivity contribution in [1.29, 1.82) is 0 Å². The number of nitrogens with zero attached hydrogens (tertiary/aromatic N) is 2. The standard InChI is InChI=1S/C17H19FN2O3/c1-22-12-7-8-14(18)11(9-12)10-20-15-6-4-3-5-13(15)16(19-20)17(21)23-2/h7-9H,3-6,10H2,1-2H3. The molecule has 1 aromatic heterocycles. The van der Waals surface area contributed by atoms with Crippen molar-refractivity contribution >= 4 is 5.97 Å². The van der Waals surface area contributed by atoms with E-state index in [-0.39, 0.29) is 12.4 Å². The SMILES string of the molecule is COC(=O)c1nn(Cc2cc(OC)ccc2F)c2c1CCCC2. The summed E-state index contributed by atoms with van der Waals surface area (Å²) in [7, 11) is 2.89. The number of halogens is 1. The van der Waals surface area contributed by atoms with E-state index >= 15 is 0 Å². The molecule has 1 heterocycles. The molecule has 0 bridgehead atoms. The summed E-state index contributed by atoms with van der Waals surface area (Å²) in [5.74, 6) is -0.158. The van der Waals surface area contributed by atoms with E-state index in [0.717, 1.165) is 36.9 Å². The first-order valence-electron chi connectivity index (χ1n) is 7.63. The second-order valence-electron chi connectivity index (χ2n) is 5.59. The minimum atomic E-state index is -0.437. The summed E-state index contributed by atoms with van der Waals surface area (Å²) in [6.45, 7) is 0.266. The number of fused-ring (bicyclic) bond motifs is 1. The number of benzene rings is 1. The lowest BCUT2D eigenvalue weighted by molar-refractivity contribution is 0.0591. The number of ether oxygens (including phenoxy) is 2. The molecule has 0 unspecified atom stereocenters.